The molecule has 1 fully saturated rings. The molecule has 0 saturated carbocycles. The van der Waals surface area contributed by atoms with Crippen molar-refractivity contribution < 1.29 is 19.8 Å². The lowest BCUT2D eigenvalue weighted by Gasteiger charge is -2.42. The van der Waals surface area contributed by atoms with Gasteiger partial charge < -0.3 is 25.8 Å². The summed E-state index contributed by atoms with van der Waals surface area (Å²) in [4.78, 5) is 35.3. The Morgan fingerprint density at radius 2 is 1.71 bits per heavy atom. The number of aromatic nitrogens is 1. The minimum Gasteiger partial charge on any atom is -0.392 e. The van der Waals surface area contributed by atoms with E-state index in [1.165, 1.54) is 10.9 Å². The third-order valence-electron chi connectivity index (χ3n) is 9.64. The number of rotatable bonds is 11. The third kappa shape index (κ3) is 8.15. The van der Waals surface area contributed by atoms with Crippen molar-refractivity contribution in [3.63, 3.8) is 0 Å². The Balaban J connectivity index is 1.16. The maximum absolute atomic E-state index is 13.9. The van der Waals surface area contributed by atoms with E-state index >= 15 is 0 Å². The van der Waals surface area contributed by atoms with Crippen LogP contribution in [0.1, 0.15) is 55.5 Å². The van der Waals surface area contributed by atoms with Crippen molar-refractivity contribution in [3.05, 3.63) is 107 Å². The van der Waals surface area contributed by atoms with Crippen molar-refractivity contribution in [2.24, 2.45) is 5.92 Å². The van der Waals surface area contributed by atoms with Gasteiger partial charge in [-0.1, -0.05) is 72.8 Å². The van der Waals surface area contributed by atoms with Gasteiger partial charge in [0, 0.05) is 67.7 Å². The molecule has 9 nitrogen and oxygen atoms in total. The van der Waals surface area contributed by atoms with E-state index in [1.54, 1.807) is 0 Å². The molecule has 4 aromatic rings. The summed E-state index contributed by atoms with van der Waals surface area (Å²) >= 11 is 0. The molecule has 5 N–H and O–H groups in total. The molecule has 0 radical (unpaired) electrons. The van der Waals surface area contributed by atoms with Gasteiger partial charge in [-0.05, 0) is 61.9 Å². The number of hydrogen-bond donors (Lipinski definition) is 5. The zero-order chi connectivity index (χ0) is 33.8. The zero-order valence-electron chi connectivity index (χ0n) is 28.2. The Labute approximate surface area is 283 Å². The van der Waals surface area contributed by atoms with Crippen LogP contribution in [0.3, 0.4) is 0 Å². The molecule has 5 atom stereocenters. The van der Waals surface area contributed by atoms with Crippen LogP contribution in [0.2, 0.25) is 0 Å². The van der Waals surface area contributed by atoms with E-state index in [0.717, 1.165) is 35.3 Å². The number of carbonyl (C=O) groups is 2. The van der Waals surface area contributed by atoms with Crippen molar-refractivity contribution in [2.45, 2.75) is 76.4 Å². The summed E-state index contributed by atoms with van der Waals surface area (Å²) in [6, 6.07) is 24.9. The molecule has 0 spiro atoms. The standard InChI is InChI=1S/C39H49N5O4/c1-39(2,3)42-38(48)34-25-43(23-29-22-40-33-16-10-9-14-31(29)33)17-18-44(34)24-30(45)20-28(19-26-11-5-4-6-12-26)37(47)41-36-32-15-8-7-13-27(32)21-35(36)46/h4-16,22,28,30,34-36,40,45-46H,17-21,23-25H2,1-3H3,(H,41,47)(H,42,48)/t28-,30-,34-,35+,36-/m0/s1. The SMILES string of the molecule is CC(C)(C)NC(=O)[C@@H]1CN(Cc2c[nH]c3ccccc23)CCN1C[C@@H](O)C[C@H](Cc1ccccc1)C(=O)N[C@H]1c2ccccc2C[C@H]1O. The lowest BCUT2D eigenvalue weighted by molar-refractivity contribution is -0.132. The van der Waals surface area contributed by atoms with Gasteiger partial charge in [0.05, 0.1) is 18.2 Å². The van der Waals surface area contributed by atoms with E-state index in [-0.39, 0.29) is 24.8 Å². The number of piperazine rings is 1. The summed E-state index contributed by atoms with van der Waals surface area (Å²) < 4.78 is 0. The predicted molar refractivity (Wildman–Crippen MR) is 188 cm³/mol. The summed E-state index contributed by atoms with van der Waals surface area (Å²) in [5.74, 6) is -0.776. The van der Waals surface area contributed by atoms with Gasteiger partial charge >= 0.3 is 0 Å². The number of fused-ring (bicyclic) bond motifs is 2. The molecule has 254 valence electrons. The van der Waals surface area contributed by atoms with Crippen molar-refractivity contribution in [1.82, 2.24) is 25.4 Å². The van der Waals surface area contributed by atoms with Crippen LogP contribution in [0.5, 0.6) is 0 Å². The fourth-order valence-corrected chi connectivity index (χ4v) is 7.32. The highest BCUT2D eigenvalue weighted by atomic mass is 16.3. The molecule has 2 heterocycles. The fourth-order valence-electron chi connectivity index (χ4n) is 7.32. The molecule has 1 aromatic heterocycles. The number of amides is 2. The quantitative estimate of drug-likeness (QED) is 0.168. The first-order valence-corrected chi connectivity index (χ1v) is 17.2. The molecular formula is C39H49N5O4. The van der Waals surface area contributed by atoms with Gasteiger partial charge in [0.25, 0.3) is 0 Å². The number of benzene rings is 3. The number of aliphatic hydroxyl groups excluding tert-OH is 2. The molecule has 1 aliphatic carbocycles. The average Bonchev–Trinajstić information content (AvgIpc) is 3.60. The molecule has 6 rings (SSSR count). The first-order chi connectivity index (χ1) is 23.0. The van der Waals surface area contributed by atoms with Crippen LogP contribution in [-0.2, 0) is 29.0 Å². The average molecular weight is 652 g/mol. The second kappa shape index (κ2) is 14.6. The number of para-hydroxylation sites is 1. The molecule has 0 bridgehead atoms. The summed E-state index contributed by atoms with van der Waals surface area (Å²) in [5.41, 5.74) is 4.87. The van der Waals surface area contributed by atoms with Crippen molar-refractivity contribution in [1.29, 1.82) is 0 Å². The number of β-amino-alcohol motifs (C(OH)–C–C–N with tert-alkyl or cyclic N) is 1. The van der Waals surface area contributed by atoms with Crippen LogP contribution in [-0.4, -0.2) is 86.8 Å². The largest absolute Gasteiger partial charge is 0.392 e. The second-order valence-corrected chi connectivity index (χ2v) is 14.6. The second-order valence-electron chi connectivity index (χ2n) is 14.6. The number of carbonyl (C=O) groups excluding carboxylic acids is 2. The van der Waals surface area contributed by atoms with Crippen LogP contribution in [0.4, 0.5) is 0 Å². The fraction of sp³-hybridized carbons (Fsp3) is 0.436. The Kier molecular flexibility index (Phi) is 10.3. The number of aliphatic hydroxyl groups is 2. The monoisotopic (exact) mass is 651 g/mol. The van der Waals surface area contributed by atoms with Gasteiger partial charge in [-0.15, -0.1) is 0 Å². The van der Waals surface area contributed by atoms with E-state index in [1.807, 2.05) is 93.7 Å². The lowest BCUT2D eigenvalue weighted by Crippen LogP contribution is -2.61. The van der Waals surface area contributed by atoms with Crippen LogP contribution in [0, 0.1) is 5.92 Å². The molecule has 48 heavy (non-hydrogen) atoms. The number of nitrogens with one attached hydrogen (secondary N) is 3. The Bertz CT molecular complexity index is 1700. The topological polar surface area (TPSA) is 121 Å². The molecule has 2 amide bonds. The van der Waals surface area contributed by atoms with E-state index in [4.69, 9.17) is 0 Å². The van der Waals surface area contributed by atoms with Crippen LogP contribution >= 0.6 is 0 Å². The number of aromatic amines is 1. The van der Waals surface area contributed by atoms with E-state index in [9.17, 15) is 19.8 Å². The highest BCUT2D eigenvalue weighted by Crippen LogP contribution is 2.32. The molecule has 9 heteroatoms. The molecule has 0 unspecified atom stereocenters. The van der Waals surface area contributed by atoms with E-state index in [2.05, 4.69) is 37.6 Å². The molecule has 3 aromatic carbocycles. The van der Waals surface area contributed by atoms with Gasteiger partial charge in [0.15, 0.2) is 0 Å². The van der Waals surface area contributed by atoms with Crippen LogP contribution < -0.4 is 10.6 Å². The molecule has 2 aliphatic rings. The van der Waals surface area contributed by atoms with Gasteiger partial charge in [0.1, 0.15) is 6.04 Å². The Morgan fingerprint density at radius 1 is 0.979 bits per heavy atom. The predicted octanol–water partition coefficient (Wildman–Crippen LogP) is 3.95. The summed E-state index contributed by atoms with van der Waals surface area (Å²) in [7, 11) is 0. The highest BCUT2D eigenvalue weighted by Gasteiger charge is 2.37. The molecular weight excluding hydrogens is 602 g/mol. The van der Waals surface area contributed by atoms with Gasteiger partial charge in [0.2, 0.25) is 11.8 Å². The Hall–Kier alpha value is -4.02. The maximum Gasteiger partial charge on any atom is 0.239 e. The summed E-state index contributed by atoms with van der Waals surface area (Å²) in [5, 5.41) is 29.9. The summed E-state index contributed by atoms with van der Waals surface area (Å²) in [6.07, 6.45) is 1.70. The van der Waals surface area contributed by atoms with E-state index < -0.39 is 35.7 Å². The van der Waals surface area contributed by atoms with Crippen LogP contribution in [0.15, 0.2) is 85.1 Å². The van der Waals surface area contributed by atoms with Crippen molar-refractivity contribution in [2.75, 3.05) is 26.2 Å². The minimum absolute atomic E-state index is 0.0641. The first-order valence-electron chi connectivity index (χ1n) is 17.2. The third-order valence-corrected chi connectivity index (χ3v) is 9.64. The lowest BCUT2D eigenvalue weighted by atomic mass is 9.91. The van der Waals surface area contributed by atoms with Crippen LogP contribution in [0.25, 0.3) is 10.9 Å². The first kappa shape index (κ1) is 33.9. The minimum atomic E-state index is -0.838. The normalized spacial score (nSPS) is 21.5. The molecule has 1 aliphatic heterocycles. The smallest absolute Gasteiger partial charge is 0.239 e. The Morgan fingerprint density at radius 3 is 2.50 bits per heavy atom. The highest BCUT2D eigenvalue weighted by molar-refractivity contribution is 5.84. The van der Waals surface area contributed by atoms with Gasteiger partial charge in [-0.2, -0.15) is 0 Å². The molecule has 1 saturated heterocycles. The number of nitrogens with zero attached hydrogens (tertiary/aromatic N) is 2. The van der Waals surface area contributed by atoms with Crippen molar-refractivity contribution in [3.8, 4) is 0 Å². The van der Waals surface area contributed by atoms with Crippen molar-refractivity contribution >= 4 is 22.7 Å². The maximum atomic E-state index is 13.9. The van der Waals surface area contributed by atoms with Gasteiger partial charge in [-0.25, -0.2) is 0 Å². The van der Waals surface area contributed by atoms with Gasteiger partial charge in [-0.3, -0.25) is 19.4 Å². The summed E-state index contributed by atoms with van der Waals surface area (Å²) in [6.45, 7) is 8.81. The number of H-pyrrole nitrogens is 1. The van der Waals surface area contributed by atoms with E-state index in [0.29, 0.717) is 25.9 Å². The zero-order valence-corrected chi connectivity index (χ0v) is 28.2. The number of hydrogen-bond acceptors (Lipinski definition) is 6.